The quantitative estimate of drug-likeness (QED) is 0.420. The number of rotatable bonds is 8. The molecule has 1 heterocycles. The molecule has 0 aliphatic heterocycles. The topological polar surface area (TPSA) is 36.1 Å². The number of H-pyrrole nitrogens is 1. The summed E-state index contributed by atoms with van der Waals surface area (Å²) in [5.41, 5.74) is 4.32. The second-order valence-corrected chi connectivity index (χ2v) is 7.10. The zero-order valence-electron chi connectivity index (χ0n) is 15.8. The van der Waals surface area contributed by atoms with E-state index in [-0.39, 0.29) is 5.78 Å². The molecule has 1 N–H and O–H groups in total. The Hall–Kier alpha value is -3.17. The van der Waals surface area contributed by atoms with Gasteiger partial charge in [-0.15, -0.1) is 0 Å². The van der Waals surface area contributed by atoms with Gasteiger partial charge in [-0.05, 0) is 17.2 Å². The van der Waals surface area contributed by atoms with Crippen LogP contribution >= 0.6 is 0 Å². The molecule has 4 rings (SSSR count). The van der Waals surface area contributed by atoms with Crippen molar-refractivity contribution in [2.45, 2.75) is 19.5 Å². The van der Waals surface area contributed by atoms with Crippen LogP contribution in [0.1, 0.15) is 27.9 Å². The van der Waals surface area contributed by atoms with Crippen molar-refractivity contribution < 1.29 is 4.79 Å². The fourth-order valence-electron chi connectivity index (χ4n) is 3.59. The molecule has 28 heavy (non-hydrogen) atoms. The zero-order valence-corrected chi connectivity index (χ0v) is 15.8. The Morgan fingerprint density at radius 2 is 1.32 bits per heavy atom. The molecule has 0 fully saturated rings. The second kappa shape index (κ2) is 8.68. The fourth-order valence-corrected chi connectivity index (χ4v) is 3.59. The molecule has 140 valence electrons. The number of aromatic amines is 1. The molecule has 0 unspecified atom stereocenters. The predicted octanol–water partition coefficient (Wildman–Crippen LogP) is 5.44. The van der Waals surface area contributed by atoms with Crippen LogP contribution in [-0.4, -0.2) is 22.2 Å². The smallest absolute Gasteiger partial charge is 0.166 e. The minimum absolute atomic E-state index is 0.184. The van der Waals surface area contributed by atoms with Crippen LogP contribution < -0.4 is 0 Å². The van der Waals surface area contributed by atoms with Crippen molar-refractivity contribution in [3.8, 4) is 0 Å². The number of hydrogen-bond donors (Lipinski definition) is 1. The van der Waals surface area contributed by atoms with Crippen LogP contribution in [0, 0.1) is 0 Å². The number of carbonyl (C=O) groups excluding carboxylic acids is 1. The number of benzene rings is 3. The summed E-state index contributed by atoms with van der Waals surface area (Å²) < 4.78 is 0. The van der Waals surface area contributed by atoms with E-state index < -0.39 is 0 Å². The van der Waals surface area contributed by atoms with E-state index in [2.05, 4.69) is 58.4 Å². The summed E-state index contributed by atoms with van der Waals surface area (Å²) in [4.78, 5) is 18.4. The molecule has 0 saturated carbocycles. The highest BCUT2D eigenvalue weighted by Crippen LogP contribution is 2.20. The van der Waals surface area contributed by atoms with Crippen LogP contribution in [-0.2, 0) is 13.1 Å². The van der Waals surface area contributed by atoms with Gasteiger partial charge in [0.2, 0.25) is 0 Å². The van der Waals surface area contributed by atoms with Crippen molar-refractivity contribution in [2.24, 2.45) is 0 Å². The minimum Gasteiger partial charge on any atom is -0.360 e. The SMILES string of the molecule is O=C(CCN(Cc1ccccc1)Cc1ccccc1)c1c[nH]c2ccccc12. The van der Waals surface area contributed by atoms with Crippen LogP contribution in [0.25, 0.3) is 10.9 Å². The molecular weight excluding hydrogens is 344 g/mol. The minimum atomic E-state index is 0.184. The van der Waals surface area contributed by atoms with Gasteiger partial charge < -0.3 is 4.98 Å². The number of aromatic nitrogens is 1. The molecule has 0 radical (unpaired) electrons. The molecule has 1 aromatic heterocycles. The Morgan fingerprint density at radius 3 is 1.96 bits per heavy atom. The Balaban J connectivity index is 1.47. The van der Waals surface area contributed by atoms with Crippen LogP contribution in [0.4, 0.5) is 0 Å². The molecule has 0 aliphatic rings. The lowest BCUT2D eigenvalue weighted by atomic mass is 10.1. The van der Waals surface area contributed by atoms with Crippen LogP contribution in [0.15, 0.2) is 91.1 Å². The van der Waals surface area contributed by atoms with Crippen molar-refractivity contribution in [3.63, 3.8) is 0 Å². The fraction of sp³-hybridized carbons (Fsp3) is 0.160. The lowest BCUT2D eigenvalue weighted by Crippen LogP contribution is -2.25. The third-order valence-electron chi connectivity index (χ3n) is 5.04. The zero-order chi connectivity index (χ0) is 19.2. The van der Waals surface area contributed by atoms with E-state index >= 15 is 0 Å². The lowest BCUT2D eigenvalue weighted by molar-refractivity contribution is 0.0961. The van der Waals surface area contributed by atoms with E-state index in [1.165, 1.54) is 11.1 Å². The summed E-state index contributed by atoms with van der Waals surface area (Å²) >= 11 is 0. The van der Waals surface area contributed by atoms with E-state index in [9.17, 15) is 4.79 Å². The van der Waals surface area contributed by atoms with Crippen molar-refractivity contribution in [1.29, 1.82) is 0 Å². The maximum atomic E-state index is 12.9. The Labute approximate surface area is 165 Å². The molecule has 4 aromatic rings. The van der Waals surface area contributed by atoms with Crippen molar-refractivity contribution >= 4 is 16.7 Å². The molecule has 0 amide bonds. The maximum Gasteiger partial charge on any atom is 0.166 e. The first-order chi connectivity index (χ1) is 13.8. The number of ketones is 1. The Bertz CT molecular complexity index is 996. The molecule has 0 saturated heterocycles. The molecule has 3 aromatic carbocycles. The average molecular weight is 368 g/mol. The van der Waals surface area contributed by atoms with Gasteiger partial charge in [-0.3, -0.25) is 9.69 Å². The summed E-state index contributed by atoms with van der Waals surface area (Å²) in [6.45, 7) is 2.38. The summed E-state index contributed by atoms with van der Waals surface area (Å²) in [6.07, 6.45) is 2.34. The number of hydrogen-bond acceptors (Lipinski definition) is 2. The third kappa shape index (κ3) is 4.38. The Morgan fingerprint density at radius 1 is 0.750 bits per heavy atom. The highest BCUT2D eigenvalue weighted by molar-refractivity contribution is 6.07. The maximum absolute atomic E-state index is 12.9. The highest BCUT2D eigenvalue weighted by atomic mass is 16.1. The summed E-state index contributed by atoms with van der Waals surface area (Å²) in [5, 5.41) is 1.00. The summed E-state index contributed by atoms with van der Waals surface area (Å²) in [5.74, 6) is 0.184. The predicted molar refractivity (Wildman–Crippen MR) is 114 cm³/mol. The van der Waals surface area contributed by atoms with Gasteiger partial charge in [0.25, 0.3) is 0 Å². The highest BCUT2D eigenvalue weighted by Gasteiger charge is 2.14. The molecule has 0 bridgehead atoms. The van der Waals surface area contributed by atoms with E-state index in [4.69, 9.17) is 0 Å². The summed E-state index contributed by atoms with van der Waals surface area (Å²) in [6, 6.07) is 28.8. The van der Waals surface area contributed by atoms with Crippen LogP contribution in [0.5, 0.6) is 0 Å². The van der Waals surface area contributed by atoms with E-state index in [0.717, 1.165) is 36.1 Å². The molecular formula is C25H24N2O. The van der Waals surface area contributed by atoms with Crippen molar-refractivity contribution in [1.82, 2.24) is 9.88 Å². The van der Waals surface area contributed by atoms with Crippen molar-refractivity contribution in [3.05, 3.63) is 108 Å². The van der Waals surface area contributed by atoms with Gasteiger partial charge >= 0.3 is 0 Å². The number of nitrogens with zero attached hydrogens (tertiary/aromatic N) is 1. The molecule has 3 nitrogen and oxygen atoms in total. The number of para-hydroxylation sites is 1. The standard InChI is InChI=1S/C25H24N2O/c28-25(23-17-26-24-14-8-7-13-22(23)24)15-16-27(18-20-9-3-1-4-10-20)19-21-11-5-2-6-12-21/h1-14,17,26H,15-16,18-19H2. The monoisotopic (exact) mass is 368 g/mol. The largest absolute Gasteiger partial charge is 0.360 e. The van der Waals surface area contributed by atoms with Crippen LogP contribution in [0.2, 0.25) is 0 Å². The summed E-state index contributed by atoms with van der Waals surface area (Å²) in [7, 11) is 0. The molecule has 0 atom stereocenters. The number of Topliss-reactive ketones (excluding diaryl/α,β-unsaturated/α-hetero) is 1. The Kier molecular flexibility index (Phi) is 5.64. The molecule has 0 spiro atoms. The van der Waals surface area contributed by atoms with E-state index in [1.807, 2.05) is 42.6 Å². The van der Waals surface area contributed by atoms with Gasteiger partial charge in [-0.25, -0.2) is 0 Å². The van der Waals surface area contributed by atoms with Gasteiger partial charge in [0.15, 0.2) is 5.78 Å². The van der Waals surface area contributed by atoms with Gasteiger partial charge in [-0.1, -0.05) is 78.9 Å². The lowest BCUT2D eigenvalue weighted by Gasteiger charge is -2.22. The van der Waals surface area contributed by atoms with Gasteiger partial charge in [0.05, 0.1) is 0 Å². The first-order valence-corrected chi connectivity index (χ1v) is 9.69. The number of nitrogens with one attached hydrogen (secondary N) is 1. The van der Waals surface area contributed by atoms with E-state index in [1.54, 1.807) is 0 Å². The number of fused-ring (bicyclic) bond motifs is 1. The normalized spacial score (nSPS) is 11.2. The first kappa shape index (κ1) is 18.2. The third-order valence-corrected chi connectivity index (χ3v) is 5.04. The van der Waals surface area contributed by atoms with Gasteiger partial charge in [0.1, 0.15) is 0 Å². The number of carbonyl (C=O) groups is 1. The second-order valence-electron chi connectivity index (χ2n) is 7.10. The average Bonchev–Trinajstić information content (AvgIpc) is 3.18. The first-order valence-electron chi connectivity index (χ1n) is 9.69. The van der Waals surface area contributed by atoms with E-state index in [0.29, 0.717) is 6.42 Å². The molecule has 0 aliphatic carbocycles. The van der Waals surface area contributed by atoms with Crippen LogP contribution in [0.3, 0.4) is 0 Å². The molecule has 3 heteroatoms. The van der Waals surface area contributed by atoms with Gasteiger partial charge in [-0.2, -0.15) is 0 Å². The van der Waals surface area contributed by atoms with Crippen molar-refractivity contribution in [2.75, 3.05) is 6.54 Å². The van der Waals surface area contributed by atoms with Gasteiger partial charge in [0, 0.05) is 48.7 Å².